The molecule has 8 nitrogen and oxygen atoms in total. The van der Waals surface area contributed by atoms with E-state index < -0.39 is 24.5 Å². The highest BCUT2D eigenvalue weighted by Crippen LogP contribution is 2.11. The van der Waals surface area contributed by atoms with Gasteiger partial charge in [0, 0.05) is 5.69 Å². The second-order valence-corrected chi connectivity index (χ2v) is 4.39. The van der Waals surface area contributed by atoms with E-state index in [1.165, 1.54) is 31.4 Å². The van der Waals surface area contributed by atoms with Crippen molar-refractivity contribution >= 4 is 23.5 Å². The summed E-state index contributed by atoms with van der Waals surface area (Å²) in [7, 11) is 1.28. The van der Waals surface area contributed by atoms with Gasteiger partial charge in [0.1, 0.15) is 19.5 Å². The minimum absolute atomic E-state index is 0.0773. The first-order valence-corrected chi connectivity index (χ1v) is 6.70. The number of benzene rings is 1. The smallest absolute Gasteiger partial charge is 0.377 e. The van der Waals surface area contributed by atoms with E-state index in [1.54, 1.807) is 0 Å². The van der Waals surface area contributed by atoms with Crippen molar-refractivity contribution in [3.8, 4) is 0 Å². The van der Waals surface area contributed by atoms with Gasteiger partial charge in [-0.3, -0.25) is 4.79 Å². The molecule has 2 rings (SSSR count). The maximum absolute atomic E-state index is 11.7. The average molecular weight is 321 g/mol. The van der Waals surface area contributed by atoms with Crippen LogP contribution in [0.1, 0.15) is 10.4 Å². The molecule has 1 aliphatic rings. The topological polar surface area (TPSA) is 100 Å². The Bertz CT molecular complexity index is 621. The van der Waals surface area contributed by atoms with E-state index in [0.717, 1.165) is 6.26 Å². The highest BCUT2D eigenvalue weighted by Gasteiger charge is 2.18. The van der Waals surface area contributed by atoms with Crippen LogP contribution in [-0.4, -0.2) is 44.8 Å². The Hall–Kier alpha value is -3.03. The monoisotopic (exact) mass is 321 g/mol. The number of ether oxygens (including phenoxy) is 4. The molecule has 8 heteroatoms. The van der Waals surface area contributed by atoms with Crippen molar-refractivity contribution in [2.75, 3.05) is 32.2 Å². The molecule has 1 N–H and O–H groups in total. The molecule has 0 fully saturated rings. The molecular formula is C15H15NO7. The number of hydrogen-bond acceptors (Lipinski definition) is 7. The number of nitrogens with one attached hydrogen (secondary N) is 1. The van der Waals surface area contributed by atoms with Gasteiger partial charge in [-0.25, -0.2) is 9.59 Å². The fourth-order valence-corrected chi connectivity index (χ4v) is 1.68. The summed E-state index contributed by atoms with van der Waals surface area (Å²) in [5.74, 6) is -1.85. The van der Waals surface area contributed by atoms with Gasteiger partial charge in [0.05, 0.1) is 12.7 Å². The number of esters is 2. The Balaban J connectivity index is 1.81. The second-order valence-electron chi connectivity index (χ2n) is 4.39. The van der Waals surface area contributed by atoms with E-state index in [9.17, 15) is 14.4 Å². The minimum Gasteiger partial charge on any atom is -0.493 e. The van der Waals surface area contributed by atoms with Crippen LogP contribution in [0.5, 0.6) is 0 Å². The van der Waals surface area contributed by atoms with Crippen molar-refractivity contribution in [2.24, 2.45) is 0 Å². The Kier molecular flexibility index (Phi) is 5.56. The van der Waals surface area contributed by atoms with Crippen LogP contribution in [0.2, 0.25) is 0 Å². The van der Waals surface area contributed by atoms with Crippen molar-refractivity contribution in [1.29, 1.82) is 0 Å². The van der Waals surface area contributed by atoms with Gasteiger partial charge < -0.3 is 24.3 Å². The van der Waals surface area contributed by atoms with E-state index in [4.69, 9.17) is 14.2 Å². The second kappa shape index (κ2) is 7.83. The van der Waals surface area contributed by atoms with E-state index >= 15 is 0 Å². The third-order valence-corrected chi connectivity index (χ3v) is 2.77. The first-order chi connectivity index (χ1) is 11.1. The lowest BCUT2D eigenvalue weighted by Crippen LogP contribution is -2.23. The molecule has 0 aliphatic carbocycles. The van der Waals surface area contributed by atoms with Gasteiger partial charge in [0.2, 0.25) is 5.76 Å². The number of amides is 1. The summed E-state index contributed by atoms with van der Waals surface area (Å²) in [5.41, 5.74) is 0.813. The van der Waals surface area contributed by atoms with Crippen molar-refractivity contribution < 1.29 is 33.3 Å². The predicted octanol–water partition coefficient (Wildman–Crippen LogP) is 0.843. The van der Waals surface area contributed by atoms with Crippen molar-refractivity contribution in [3.05, 3.63) is 41.9 Å². The molecule has 1 heterocycles. The molecule has 0 saturated heterocycles. The zero-order valence-corrected chi connectivity index (χ0v) is 12.4. The average Bonchev–Trinajstić information content (AvgIpc) is 2.60. The molecular weight excluding hydrogens is 306 g/mol. The minimum atomic E-state index is -0.777. The van der Waals surface area contributed by atoms with Gasteiger partial charge in [-0.1, -0.05) is 0 Å². The van der Waals surface area contributed by atoms with Crippen LogP contribution in [0.15, 0.2) is 36.3 Å². The van der Waals surface area contributed by atoms with E-state index in [2.05, 4.69) is 10.1 Å². The van der Waals surface area contributed by atoms with Gasteiger partial charge in [0.25, 0.3) is 5.91 Å². The normalized spacial score (nSPS) is 13.0. The summed E-state index contributed by atoms with van der Waals surface area (Å²) in [6, 6.07) is 6.08. The lowest BCUT2D eigenvalue weighted by Gasteiger charge is -2.14. The molecule has 0 spiro atoms. The lowest BCUT2D eigenvalue weighted by molar-refractivity contribution is -0.148. The molecule has 0 unspecified atom stereocenters. The SMILES string of the molecule is COC(=O)c1ccc(NC(=O)COC(=O)C2=COCCO2)cc1. The third-order valence-electron chi connectivity index (χ3n) is 2.77. The first kappa shape index (κ1) is 16.3. The Morgan fingerprint density at radius 3 is 2.48 bits per heavy atom. The highest BCUT2D eigenvalue weighted by molar-refractivity contribution is 5.95. The van der Waals surface area contributed by atoms with Gasteiger partial charge in [-0.2, -0.15) is 0 Å². The molecule has 1 aromatic rings. The summed E-state index contributed by atoms with van der Waals surface area (Å²) >= 11 is 0. The number of carbonyl (C=O) groups excluding carboxylic acids is 3. The molecule has 0 atom stereocenters. The zero-order valence-electron chi connectivity index (χ0n) is 12.4. The summed E-state index contributed by atoms with van der Waals surface area (Å²) in [6.45, 7) is 0.136. The Morgan fingerprint density at radius 1 is 1.13 bits per heavy atom. The Morgan fingerprint density at radius 2 is 1.87 bits per heavy atom. The number of rotatable bonds is 5. The van der Waals surface area contributed by atoms with Gasteiger partial charge in [-0.15, -0.1) is 0 Å². The van der Waals surface area contributed by atoms with Crippen molar-refractivity contribution in [1.82, 2.24) is 0 Å². The van der Waals surface area contributed by atoms with Crippen molar-refractivity contribution in [3.63, 3.8) is 0 Å². The quantitative estimate of drug-likeness (QED) is 0.802. The van der Waals surface area contributed by atoms with Crippen LogP contribution in [0.25, 0.3) is 0 Å². The third kappa shape index (κ3) is 4.73. The molecule has 0 aromatic heterocycles. The largest absolute Gasteiger partial charge is 0.493 e. The molecule has 0 saturated carbocycles. The maximum Gasteiger partial charge on any atom is 0.377 e. The zero-order chi connectivity index (χ0) is 16.7. The van der Waals surface area contributed by atoms with Gasteiger partial charge in [0.15, 0.2) is 6.61 Å². The fraction of sp³-hybridized carbons (Fsp3) is 0.267. The van der Waals surface area contributed by atoms with Crippen LogP contribution in [-0.2, 0) is 28.5 Å². The standard InChI is InChI=1S/C15H15NO7/c1-20-14(18)10-2-4-11(5-3-10)16-13(17)9-23-15(19)12-8-21-6-7-22-12/h2-5,8H,6-7,9H2,1H3,(H,16,17). The molecule has 0 radical (unpaired) electrons. The van der Waals surface area contributed by atoms with Crippen LogP contribution in [0.4, 0.5) is 5.69 Å². The number of anilines is 1. The molecule has 122 valence electrons. The van der Waals surface area contributed by atoms with Crippen LogP contribution >= 0.6 is 0 Å². The van der Waals surface area contributed by atoms with Gasteiger partial charge >= 0.3 is 11.9 Å². The summed E-state index contributed by atoms with van der Waals surface area (Å²) in [6.07, 6.45) is 1.15. The lowest BCUT2D eigenvalue weighted by atomic mass is 10.2. The summed E-state index contributed by atoms with van der Waals surface area (Å²) < 4.78 is 19.3. The highest BCUT2D eigenvalue weighted by atomic mass is 16.6. The van der Waals surface area contributed by atoms with E-state index in [1.807, 2.05) is 0 Å². The fourth-order valence-electron chi connectivity index (χ4n) is 1.68. The summed E-state index contributed by atoms with van der Waals surface area (Å²) in [4.78, 5) is 34.6. The van der Waals surface area contributed by atoms with E-state index in [-0.39, 0.29) is 12.4 Å². The first-order valence-electron chi connectivity index (χ1n) is 6.70. The molecule has 1 amide bonds. The molecule has 1 aliphatic heterocycles. The Labute approximate surface area is 132 Å². The summed E-state index contributed by atoms with van der Waals surface area (Å²) in [5, 5.41) is 2.52. The van der Waals surface area contributed by atoms with Crippen LogP contribution < -0.4 is 5.32 Å². The number of hydrogen-bond donors (Lipinski definition) is 1. The number of methoxy groups -OCH3 is 1. The molecule has 23 heavy (non-hydrogen) atoms. The van der Waals surface area contributed by atoms with Gasteiger partial charge in [-0.05, 0) is 24.3 Å². The van der Waals surface area contributed by atoms with E-state index in [0.29, 0.717) is 17.9 Å². The maximum atomic E-state index is 11.7. The van der Waals surface area contributed by atoms with Crippen LogP contribution in [0, 0.1) is 0 Å². The predicted molar refractivity (Wildman–Crippen MR) is 77.4 cm³/mol. The number of carbonyl (C=O) groups is 3. The van der Waals surface area contributed by atoms with Crippen molar-refractivity contribution in [2.45, 2.75) is 0 Å². The van der Waals surface area contributed by atoms with Crippen LogP contribution in [0.3, 0.4) is 0 Å². The molecule has 1 aromatic carbocycles. The molecule has 0 bridgehead atoms.